The Morgan fingerprint density at radius 1 is 0.287 bits per heavy atom. The maximum Gasteiger partial charge on any atom is 0.472 e. The number of ether oxygens (including phenoxy) is 4. The monoisotopic (exact) mass is 1480 g/mol. The number of aliphatic hydroxyl groups is 1. The van der Waals surface area contributed by atoms with E-state index in [1.807, 2.05) is 0 Å². The average molecular weight is 1480 g/mol. The first-order valence-electron chi connectivity index (χ1n) is 42.4. The lowest BCUT2D eigenvalue weighted by Gasteiger charge is -2.21. The maximum atomic E-state index is 13.1. The first kappa shape index (κ1) is 99.1. The number of carbonyl (C=O) groups is 4. The number of carbonyl (C=O) groups excluding carboxylic acids is 4. The molecule has 3 unspecified atom stereocenters. The van der Waals surface area contributed by atoms with Crippen molar-refractivity contribution in [2.45, 2.75) is 446 Å². The first-order valence-corrected chi connectivity index (χ1v) is 45.4. The molecule has 0 aliphatic heterocycles. The summed E-state index contributed by atoms with van der Waals surface area (Å²) in [5, 5.41) is 10.6. The van der Waals surface area contributed by atoms with Crippen molar-refractivity contribution in [2.24, 2.45) is 17.8 Å². The zero-order valence-electron chi connectivity index (χ0n) is 66.4. The Hall–Kier alpha value is -1.94. The Bertz CT molecular complexity index is 1960. The van der Waals surface area contributed by atoms with E-state index < -0.39 is 97.5 Å². The molecule has 0 radical (unpaired) electrons. The van der Waals surface area contributed by atoms with Crippen molar-refractivity contribution in [3.63, 3.8) is 0 Å². The third-order valence-corrected chi connectivity index (χ3v) is 21.4. The number of rotatable bonds is 80. The van der Waals surface area contributed by atoms with E-state index in [1.54, 1.807) is 0 Å². The lowest BCUT2D eigenvalue weighted by Crippen LogP contribution is -2.30. The zero-order valence-corrected chi connectivity index (χ0v) is 68.2. The summed E-state index contributed by atoms with van der Waals surface area (Å²) in [5.74, 6) is 0.277. The molecule has 101 heavy (non-hydrogen) atoms. The Kier molecular flexibility index (Phi) is 70.9. The van der Waals surface area contributed by atoms with Crippen LogP contribution in [0.15, 0.2) is 0 Å². The molecule has 0 bridgehead atoms. The van der Waals surface area contributed by atoms with Crippen molar-refractivity contribution in [3.05, 3.63) is 0 Å². The lowest BCUT2D eigenvalue weighted by atomic mass is 9.99. The van der Waals surface area contributed by atoms with E-state index in [2.05, 4.69) is 48.5 Å². The van der Waals surface area contributed by atoms with Crippen molar-refractivity contribution in [1.82, 2.24) is 0 Å². The molecule has 0 aromatic heterocycles. The van der Waals surface area contributed by atoms with Crippen LogP contribution >= 0.6 is 15.6 Å². The Morgan fingerprint density at radius 3 is 0.752 bits per heavy atom. The second kappa shape index (κ2) is 72.3. The van der Waals surface area contributed by atoms with Crippen molar-refractivity contribution < 1.29 is 80.2 Å². The van der Waals surface area contributed by atoms with Gasteiger partial charge in [-0.1, -0.05) is 376 Å². The lowest BCUT2D eigenvalue weighted by molar-refractivity contribution is -0.161. The largest absolute Gasteiger partial charge is 0.472 e. The van der Waals surface area contributed by atoms with E-state index in [0.29, 0.717) is 25.7 Å². The second-order valence-corrected chi connectivity index (χ2v) is 33.6. The van der Waals surface area contributed by atoms with Crippen molar-refractivity contribution >= 4 is 39.5 Å². The molecule has 0 amide bonds. The molecule has 0 rings (SSSR count). The van der Waals surface area contributed by atoms with Crippen LogP contribution in [-0.2, 0) is 65.4 Å². The first-order chi connectivity index (χ1) is 48.8. The van der Waals surface area contributed by atoms with Crippen LogP contribution in [0.1, 0.15) is 427 Å². The molecule has 0 saturated heterocycles. The minimum absolute atomic E-state index is 0.105. The maximum absolute atomic E-state index is 13.1. The average Bonchev–Trinajstić information content (AvgIpc) is 0.969. The second-order valence-electron chi connectivity index (χ2n) is 30.7. The molecule has 0 aliphatic carbocycles. The van der Waals surface area contributed by atoms with Crippen LogP contribution in [0.25, 0.3) is 0 Å². The van der Waals surface area contributed by atoms with Crippen LogP contribution in [0.3, 0.4) is 0 Å². The van der Waals surface area contributed by atoms with Gasteiger partial charge < -0.3 is 33.8 Å². The third-order valence-electron chi connectivity index (χ3n) is 19.5. The van der Waals surface area contributed by atoms with E-state index in [0.717, 1.165) is 108 Å². The summed E-state index contributed by atoms with van der Waals surface area (Å²) in [7, 11) is -9.92. The summed E-state index contributed by atoms with van der Waals surface area (Å²) < 4.78 is 68.7. The predicted molar refractivity (Wildman–Crippen MR) is 414 cm³/mol. The number of aliphatic hydroxyl groups excluding tert-OH is 1. The van der Waals surface area contributed by atoms with Crippen LogP contribution < -0.4 is 0 Å². The number of unbranched alkanes of at least 4 members (excludes halogenated alkanes) is 47. The highest BCUT2D eigenvalue weighted by Gasteiger charge is 2.30. The topological polar surface area (TPSA) is 237 Å². The van der Waals surface area contributed by atoms with Gasteiger partial charge in [0.15, 0.2) is 12.2 Å². The number of esters is 4. The molecule has 6 atom stereocenters. The molecular formula is C82H160O17P2. The molecule has 17 nitrogen and oxygen atoms in total. The molecule has 600 valence electrons. The molecule has 0 saturated carbocycles. The van der Waals surface area contributed by atoms with Gasteiger partial charge in [0.1, 0.15) is 19.3 Å². The Balaban J connectivity index is 5.21. The molecule has 0 spiro atoms. The van der Waals surface area contributed by atoms with Crippen LogP contribution in [0.2, 0.25) is 0 Å². The standard InChI is InChI=1S/C82H160O17P2/c1-8-10-11-12-13-14-27-34-42-49-56-63-79(84)92-70-78(99-82(87)66-59-52-45-38-37-40-47-54-61-74(5)6)72-97-101(90,91)95-68-76(83)67-94-100(88,89)96-71-77(69-93-80(85)64-57-50-43-35-30-25-22-21-23-28-32-39-46-53-60-73(3)4)98-81(86)65-58-51-44-36-31-26-20-18-16-15-17-19-24-29-33-41-48-55-62-75(7)9-2/h73-78,83H,8-72H2,1-7H3,(H,88,89)(H,90,91)/t75?,76-,77-,78-/m1/s1. The normalized spacial score (nSPS) is 14.2. The van der Waals surface area contributed by atoms with E-state index in [9.17, 15) is 43.2 Å². The van der Waals surface area contributed by atoms with Gasteiger partial charge in [0, 0.05) is 25.7 Å². The molecule has 0 aromatic carbocycles. The molecule has 3 N–H and O–H groups in total. The van der Waals surface area contributed by atoms with Gasteiger partial charge in [-0.2, -0.15) is 0 Å². The zero-order chi connectivity index (χ0) is 74.4. The highest BCUT2D eigenvalue weighted by Crippen LogP contribution is 2.45. The minimum atomic E-state index is -4.96. The van der Waals surface area contributed by atoms with Crippen LogP contribution in [0.5, 0.6) is 0 Å². The molecule has 19 heteroatoms. The predicted octanol–water partition coefficient (Wildman–Crippen LogP) is 24.5. The van der Waals surface area contributed by atoms with Crippen molar-refractivity contribution in [1.29, 1.82) is 0 Å². The molecular weight excluding hydrogens is 1320 g/mol. The number of hydrogen-bond acceptors (Lipinski definition) is 15. The summed E-state index contributed by atoms with van der Waals surface area (Å²) in [6, 6.07) is 0. The third kappa shape index (κ3) is 74.7. The van der Waals surface area contributed by atoms with E-state index in [-0.39, 0.29) is 25.7 Å². The van der Waals surface area contributed by atoms with Crippen molar-refractivity contribution in [3.8, 4) is 0 Å². The highest BCUT2D eigenvalue weighted by atomic mass is 31.2. The van der Waals surface area contributed by atoms with Gasteiger partial charge in [0.2, 0.25) is 0 Å². The quantitative estimate of drug-likeness (QED) is 0.0222. The Morgan fingerprint density at radius 2 is 0.505 bits per heavy atom. The molecule has 0 fully saturated rings. The summed E-state index contributed by atoms with van der Waals surface area (Å²) in [6.07, 6.45) is 61.1. The van der Waals surface area contributed by atoms with Crippen molar-refractivity contribution in [2.75, 3.05) is 39.6 Å². The van der Waals surface area contributed by atoms with Gasteiger partial charge >= 0.3 is 39.5 Å². The van der Waals surface area contributed by atoms with Gasteiger partial charge in [-0.05, 0) is 43.4 Å². The van der Waals surface area contributed by atoms with Crippen LogP contribution in [0, 0.1) is 17.8 Å². The number of phosphoric acid groups is 2. The highest BCUT2D eigenvalue weighted by molar-refractivity contribution is 7.47. The Labute approximate surface area is 619 Å². The van der Waals surface area contributed by atoms with Gasteiger partial charge in [-0.25, -0.2) is 9.13 Å². The fraction of sp³-hybridized carbons (Fsp3) is 0.951. The fourth-order valence-electron chi connectivity index (χ4n) is 12.6. The molecule has 0 heterocycles. The fourth-order valence-corrected chi connectivity index (χ4v) is 14.2. The van der Waals surface area contributed by atoms with Gasteiger partial charge in [-0.3, -0.25) is 37.3 Å². The summed E-state index contributed by atoms with van der Waals surface area (Å²) in [5.41, 5.74) is 0. The summed E-state index contributed by atoms with van der Waals surface area (Å²) >= 11 is 0. The summed E-state index contributed by atoms with van der Waals surface area (Å²) in [6.45, 7) is 12.0. The van der Waals surface area contributed by atoms with Gasteiger partial charge in [-0.15, -0.1) is 0 Å². The number of phosphoric ester groups is 2. The van der Waals surface area contributed by atoms with Crippen LogP contribution in [0.4, 0.5) is 0 Å². The van der Waals surface area contributed by atoms with E-state index in [1.165, 1.54) is 238 Å². The molecule has 0 aliphatic rings. The molecule has 0 aromatic rings. The number of hydrogen-bond donors (Lipinski definition) is 3. The SMILES string of the molecule is CCCCCCCCCCCCCC(=O)OC[C@H](COP(=O)(O)OC[C@H](O)COP(=O)(O)OC[C@@H](COC(=O)CCCCCCCCCCCCCCCCC(C)C)OC(=O)CCCCCCCCCCCCCCCCCCCCC(C)CC)OC(=O)CCCCCCCCCCC(C)C. The van der Waals surface area contributed by atoms with E-state index in [4.69, 9.17) is 37.0 Å². The van der Waals surface area contributed by atoms with E-state index >= 15 is 0 Å². The smallest absolute Gasteiger partial charge is 0.462 e. The minimum Gasteiger partial charge on any atom is -0.462 e. The summed E-state index contributed by atoms with van der Waals surface area (Å²) in [4.78, 5) is 73.0. The van der Waals surface area contributed by atoms with Gasteiger partial charge in [0.05, 0.1) is 26.4 Å². The van der Waals surface area contributed by atoms with Crippen LogP contribution in [-0.4, -0.2) is 96.7 Å². The van der Waals surface area contributed by atoms with Gasteiger partial charge in [0.25, 0.3) is 0 Å².